The van der Waals surface area contributed by atoms with Crippen LogP contribution in [-0.4, -0.2) is 51.9 Å². The molecule has 1 atom stereocenters. The molecule has 1 aliphatic rings. The Bertz CT molecular complexity index is 669. The molecule has 1 aliphatic heterocycles. The summed E-state index contributed by atoms with van der Waals surface area (Å²) in [7, 11) is 1.92. The second-order valence-corrected chi connectivity index (χ2v) is 5.74. The molecular weight excluding hydrogens is 304 g/mol. The highest BCUT2D eigenvalue weighted by Crippen LogP contribution is 2.21. The monoisotopic (exact) mass is 328 g/mol. The van der Waals surface area contributed by atoms with Crippen LogP contribution in [0.2, 0.25) is 0 Å². The van der Waals surface area contributed by atoms with Gasteiger partial charge in [-0.3, -0.25) is 9.67 Å². The summed E-state index contributed by atoms with van der Waals surface area (Å²) in [6.45, 7) is 5.74. The Morgan fingerprint density at radius 2 is 2.38 bits per heavy atom. The number of nitrogens with one attached hydrogen (secondary N) is 1. The van der Waals surface area contributed by atoms with E-state index in [4.69, 9.17) is 9.73 Å². The van der Waals surface area contributed by atoms with Gasteiger partial charge in [-0.2, -0.15) is 5.10 Å². The van der Waals surface area contributed by atoms with Gasteiger partial charge in [-0.15, -0.1) is 0 Å². The van der Waals surface area contributed by atoms with Gasteiger partial charge in [0, 0.05) is 38.1 Å². The van der Waals surface area contributed by atoms with E-state index in [1.54, 1.807) is 10.9 Å². The Kier molecular flexibility index (Phi) is 5.43. The highest BCUT2D eigenvalue weighted by atomic mass is 16.5. The lowest BCUT2D eigenvalue weighted by atomic mass is 10.1. The smallest absolute Gasteiger partial charge is 0.194 e. The van der Waals surface area contributed by atoms with Crippen molar-refractivity contribution in [2.24, 2.45) is 12.0 Å². The van der Waals surface area contributed by atoms with E-state index in [0.29, 0.717) is 13.2 Å². The largest absolute Gasteiger partial charge is 0.370 e. The standard InChI is InChI=1S/C17H24N6O/c1-3-18-17(20-11-15-6-4-5-7-19-15)23-8-9-24-16(13-23)14-10-21-22(2)12-14/h4-7,10,12,16H,3,8-9,11,13H2,1-2H3,(H,18,20). The highest BCUT2D eigenvalue weighted by Gasteiger charge is 2.25. The minimum atomic E-state index is 0.0196. The van der Waals surface area contributed by atoms with Gasteiger partial charge in [0.25, 0.3) is 0 Å². The molecule has 1 N–H and O–H groups in total. The Balaban J connectivity index is 1.70. The average molecular weight is 328 g/mol. The fraction of sp³-hybridized carbons (Fsp3) is 0.471. The molecule has 3 rings (SSSR count). The highest BCUT2D eigenvalue weighted by molar-refractivity contribution is 5.80. The van der Waals surface area contributed by atoms with Crippen molar-refractivity contribution in [2.75, 3.05) is 26.2 Å². The summed E-state index contributed by atoms with van der Waals surface area (Å²) in [5.41, 5.74) is 2.06. The number of pyridine rings is 1. The van der Waals surface area contributed by atoms with Crippen molar-refractivity contribution in [3.05, 3.63) is 48.0 Å². The van der Waals surface area contributed by atoms with Crippen LogP contribution in [0.15, 0.2) is 41.8 Å². The molecule has 0 aromatic carbocycles. The molecule has 3 heterocycles. The van der Waals surface area contributed by atoms with Gasteiger partial charge in [0.1, 0.15) is 6.10 Å². The predicted octanol–water partition coefficient (Wildman–Crippen LogP) is 1.35. The van der Waals surface area contributed by atoms with E-state index in [1.807, 2.05) is 37.6 Å². The first-order valence-corrected chi connectivity index (χ1v) is 8.29. The second-order valence-electron chi connectivity index (χ2n) is 5.74. The SMILES string of the molecule is CCNC(=NCc1ccccn1)N1CCOC(c2cnn(C)c2)C1. The Hall–Kier alpha value is -2.41. The van der Waals surface area contributed by atoms with Gasteiger partial charge in [-0.1, -0.05) is 6.07 Å². The number of aliphatic imine (C=N–C) groups is 1. The molecule has 0 radical (unpaired) electrons. The first-order chi connectivity index (χ1) is 11.8. The number of aromatic nitrogens is 3. The molecule has 1 saturated heterocycles. The lowest BCUT2D eigenvalue weighted by Gasteiger charge is -2.34. The Morgan fingerprint density at radius 1 is 1.46 bits per heavy atom. The fourth-order valence-corrected chi connectivity index (χ4v) is 2.72. The zero-order valence-corrected chi connectivity index (χ0v) is 14.2. The first-order valence-electron chi connectivity index (χ1n) is 8.29. The molecule has 128 valence electrons. The van der Waals surface area contributed by atoms with Crippen molar-refractivity contribution in [3.8, 4) is 0 Å². The van der Waals surface area contributed by atoms with Crippen LogP contribution < -0.4 is 5.32 Å². The number of guanidine groups is 1. The van der Waals surface area contributed by atoms with Crippen LogP contribution in [0.1, 0.15) is 24.3 Å². The number of morpholine rings is 1. The Morgan fingerprint density at radius 3 is 3.08 bits per heavy atom. The number of aryl methyl sites for hydroxylation is 1. The van der Waals surface area contributed by atoms with Crippen molar-refractivity contribution in [3.63, 3.8) is 0 Å². The van der Waals surface area contributed by atoms with Gasteiger partial charge < -0.3 is 15.0 Å². The van der Waals surface area contributed by atoms with Crippen LogP contribution in [0.3, 0.4) is 0 Å². The normalized spacial score (nSPS) is 18.7. The molecule has 0 amide bonds. The van der Waals surface area contributed by atoms with Crippen molar-refractivity contribution in [1.29, 1.82) is 0 Å². The summed E-state index contributed by atoms with van der Waals surface area (Å²) in [5, 5.41) is 7.61. The lowest BCUT2D eigenvalue weighted by Crippen LogP contribution is -2.48. The van der Waals surface area contributed by atoms with Crippen LogP contribution in [0.25, 0.3) is 0 Å². The maximum absolute atomic E-state index is 5.91. The molecule has 24 heavy (non-hydrogen) atoms. The molecule has 7 heteroatoms. The predicted molar refractivity (Wildman–Crippen MR) is 92.5 cm³/mol. The topological polar surface area (TPSA) is 67.6 Å². The second kappa shape index (κ2) is 7.92. The third-order valence-corrected chi connectivity index (χ3v) is 3.91. The van der Waals surface area contributed by atoms with Crippen LogP contribution in [0.5, 0.6) is 0 Å². The van der Waals surface area contributed by atoms with Crippen LogP contribution >= 0.6 is 0 Å². The van der Waals surface area contributed by atoms with E-state index in [2.05, 4.69) is 27.2 Å². The van der Waals surface area contributed by atoms with Gasteiger partial charge in [0.05, 0.1) is 31.6 Å². The van der Waals surface area contributed by atoms with Crippen molar-refractivity contribution >= 4 is 5.96 Å². The van der Waals surface area contributed by atoms with Crippen molar-refractivity contribution in [2.45, 2.75) is 19.6 Å². The number of nitrogens with zero attached hydrogens (tertiary/aromatic N) is 5. The van der Waals surface area contributed by atoms with Crippen LogP contribution in [-0.2, 0) is 18.3 Å². The molecular formula is C17H24N6O. The Labute approximate surface area is 142 Å². The van der Waals surface area contributed by atoms with E-state index < -0.39 is 0 Å². The summed E-state index contributed by atoms with van der Waals surface area (Å²) in [5.74, 6) is 0.903. The van der Waals surface area contributed by atoms with E-state index >= 15 is 0 Å². The first kappa shape index (κ1) is 16.4. The lowest BCUT2D eigenvalue weighted by molar-refractivity contribution is -0.00805. The number of ether oxygens (including phenoxy) is 1. The number of hydrogen-bond acceptors (Lipinski definition) is 4. The number of rotatable bonds is 4. The molecule has 0 saturated carbocycles. The van der Waals surface area contributed by atoms with E-state index in [0.717, 1.165) is 36.9 Å². The van der Waals surface area contributed by atoms with Gasteiger partial charge in [0.2, 0.25) is 0 Å². The molecule has 1 fully saturated rings. The van der Waals surface area contributed by atoms with Crippen LogP contribution in [0.4, 0.5) is 0 Å². The van der Waals surface area contributed by atoms with Gasteiger partial charge in [-0.25, -0.2) is 4.99 Å². The molecule has 7 nitrogen and oxygen atoms in total. The van der Waals surface area contributed by atoms with E-state index in [1.165, 1.54) is 0 Å². The molecule has 2 aromatic heterocycles. The zero-order valence-electron chi connectivity index (χ0n) is 14.2. The molecule has 0 spiro atoms. The minimum absolute atomic E-state index is 0.0196. The molecule has 2 aromatic rings. The van der Waals surface area contributed by atoms with E-state index in [9.17, 15) is 0 Å². The third kappa shape index (κ3) is 4.11. The molecule has 1 unspecified atom stereocenters. The summed E-state index contributed by atoms with van der Waals surface area (Å²) in [4.78, 5) is 11.3. The summed E-state index contributed by atoms with van der Waals surface area (Å²) in [6, 6.07) is 5.89. The summed E-state index contributed by atoms with van der Waals surface area (Å²) >= 11 is 0. The van der Waals surface area contributed by atoms with Crippen LogP contribution in [0, 0.1) is 0 Å². The van der Waals surface area contributed by atoms with Gasteiger partial charge >= 0.3 is 0 Å². The van der Waals surface area contributed by atoms with Gasteiger partial charge in [0.15, 0.2) is 5.96 Å². The molecule has 0 aliphatic carbocycles. The summed E-state index contributed by atoms with van der Waals surface area (Å²) < 4.78 is 7.71. The van der Waals surface area contributed by atoms with Crippen molar-refractivity contribution < 1.29 is 4.74 Å². The third-order valence-electron chi connectivity index (χ3n) is 3.91. The number of hydrogen-bond donors (Lipinski definition) is 1. The maximum Gasteiger partial charge on any atom is 0.194 e. The minimum Gasteiger partial charge on any atom is -0.370 e. The van der Waals surface area contributed by atoms with Gasteiger partial charge in [-0.05, 0) is 19.1 Å². The quantitative estimate of drug-likeness (QED) is 0.678. The fourth-order valence-electron chi connectivity index (χ4n) is 2.72. The van der Waals surface area contributed by atoms with Crippen molar-refractivity contribution in [1.82, 2.24) is 25.0 Å². The zero-order chi connectivity index (χ0) is 16.8. The maximum atomic E-state index is 5.91. The summed E-state index contributed by atoms with van der Waals surface area (Å²) in [6.07, 6.45) is 5.69. The van der Waals surface area contributed by atoms with E-state index in [-0.39, 0.29) is 6.10 Å². The molecule has 0 bridgehead atoms. The average Bonchev–Trinajstić information content (AvgIpc) is 3.06.